The van der Waals surface area contributed by atoms with Crippen LogP contribution in [0.15, 0.2) is 42.5 Å². The van der Waals surface area contributed by atoms with Crippen LogP contribution in [-0.2, 0) is 22.7 Å². The lowest BCUT2D eigenvalue weighted by atomic mass is 10.0. The molecule has 0 aliphatic carbocycles. The highest BCUT2D eigenvalue weighted by atomic mass is 35.5. The fourth-order valence-electron chi connectivity index (χ4n) is 2.72. The number of benzene rings is 2. The van der Waals surface area contributed by atoms with Crippen LogP contribution in [0.1, 0.15) is 18.1 Å². The molecule has 0 saturated heterocycles. The van der Waals surface area contributed by atoms with Gasteiger partial charge in [-0.1, -0.05) is 35.9 Å². The van der Waals surface area contributed by atoms with Crippen LogP contribution in [-0.4, -0.2) is 12.3 Å². The van der Waals surface area contributed by atoms with Crippen molar-refractivity contribution in [1.82, 2.24) is 0 Å². The zero-order chi connectivity index (χ0) is 15.7. The Kier molecular flexibility index (Phi) is 3.86. The number of fused-ring (bicyclic) bond motifs is 2. The minimum atomic E-state index is -0.0916. The van der Waals surface area contributed by atoms with Crippen molar-refractivity contribution in [2.24, 2.45) is 0 Å². The van der Waals surface area contributed by atoms with Gasteiger partial charge in [-0.25, -0.2) is 0 Å². The van der Waals surface area contributed by atoms with E-state index in [4.69, 9.17) is 11.6 Å². The summed E-state index contributed by atoms with van der Waals surface area (Å²) in [5.41, 5.74) is 3.39. The molecule has 0 atom stereocenters. The molecule has 22 heavy (non-hydrogen) atoms. The molecule has 0 spiro atoms. The third-order valence-electron chi connectivity index (χ3n) is 3.83. The van der Waals surface area contributed by atoms with E-state index in [1.54, 1.807) is 28.0 Å². The monoisotopic (exact) mass is 314 g/mol. The van der Waals surface area contributed by atoms with E-state index in [1.165, 1.54) is 6.92 Å². The Labute approximate surface area is 133 Å². The Morgan fingerprint density at radius 2 is 1.77 bits per heavy atom. The Morgan fingerprint density at radius 1 is 1.09 bits per heavy atom. The van der Waals surface area contributed by atoms with Gasteiger partial charge in [-0.3, -0.25) is 9.59 Å². The summed E-state index contributed by atoms with van der Waals surface area (Å²) in [5.74, 6) is -0.0916. The van der Waals surface area contributed by atoms with E-state index in [0.29, 0.717) is 29.5 Å². The number of carbonyl (C=O) groups is 2. The summed E-state index contributed by atoms with van der Waals surface area (Å²) in [6.45, 7) is 2.45. The lowest BCUT2D eigenvalue weighted by Gasteiger charge is -2.32. The fourth-order valence-corrected chi connectivity index (χ4v) is 2.89. The molecular formula is C17H15ClN2O2. The number of amides is 2. The molecule has 0 bridgehead atoms. The molecule has 1 heterocycles. The highest BCUT2D eigenvalue weighted by Crippen LogP contribution is 2.36. The average Bonchev–Trinajstić information content (AvgIpc) is 2.49. The van der Waals surface area contributed by atoms with Crippen LogP contribution in [0.3, 0.4) is 0 Å². The smallest absolute Gasteiger partial charge is 0.224 e. The van der Waals surface area contributed by atoms with Gasteiger partial charge in [-0.2, -0.15) is 0 Å². The second kappa shape index (κ2) is 5.81. The molecular weight excluding hydrogens is 300 g/mol. The number of nitrogens with zero attached hydrogens (tertiary/aromatic N) is 2. The highest BCUT2D eigenvalue weighted by Gasteiger charge is 2.24. The summed E-state index contributed by atoms with van der Waals surface area (Å²) < 4.78 is 0. The summed E-state index contributed by atoms with van der Waals surface area (Å²) >= 11 is 6.09. The molecule has 0 unspecified atom stereocenters. The zero-order valence-electron chi connectivity index (χ0n) is 12.1. The third kappa shape index (κ3) is 2.57. The second-order valence-corrected chi connectivity index (χ2v) is 5.68. The van der Waals surface area contributed by atoms with E-state index in [0.717, 1.165) is 17.5 Å². The topological polar surface area (TPSA) is 40.6 Å². The van der Waals surface area contributed by atoms with Gasteiger partial charge >= 0.3 is 0 Å². The molecule has 2 aromatic rings. The maximum Gasteiger partial charge on any atom is 0.224 e. The minimum Gasteiger partial charge on any atom is -0.309 e. The molecule has 0 radical (unpaired) electrons. The summed E-state index contributed by atoms with van der Waals surface area (Å²) in [5, 5.41) is 0.532. The molecule has 1 aliphatic heterocycles. The number of hydrogen-bond donors (Lipinski definition) is 0. The average molecular weight is 315 g/mol. The Balaban J connectivity index is 2.21. The summed E-state index contributed by atoms with van der Waals surface area (Å²) in [7, 11) is 0. The molecule has 0 saturated carbocycles. The van der Waals surface area contributed by atoms with Gasteiger partial charge in [0.25, 0.3) is 0 Å². The second-order valence-electron chi connectivity index (χ2n) is 5.24. The molecule has 0 aromatic heterocycles. The van der Waals surface area contributed by atoms with E-state index in [1.807, 2.05) is 24.3 Å². The molecule has 5 heteroatoms. The van der Waals surface area contributed by atoms with Gasteiger partial charge in [0, 0.05) is 11.9 Å². The van der Waals surface area contributed by atoms with Crippen LogP contribution in [0.25, 0.3) is 0 Å². The summed E-state index contributed by atoms with van der Waals surface area (Å²) in [4.78, 5) is 26.9. The van der Waals surface area contributed by atoms with Crippen molar-refractivity contribution in [3.8, 4) is 0 Å². The molecule has 2 aromatic carbocycles. The minimum absolute atomic E-state index is 0.0916. The van der Waals surface area contributed by atoms with Crippen molar-refractivity contribution in [1.29, 1.82) is 0 Å². The van der Waals surface area contributed by atoms with Crippen LogP contribution in [0.2, 0.25) is 5.02 Å². The molecule has 112 valence electrons. The van der Waals surface area contributed by atoms with Crippen molar-refractivity contribution in [2.75, 3.05) is 9.80 Å². The molecule has 4 nitrogen and oxygen atoms in total. The van der Waals surface area contributed by atoms with E-state index in [2.05, 4.69) is 0 Å². The van der Waals surface area contributed by atoms with Crippen molar-refractivity contribution in [3.05, 3.63) is 58.6 Å². The Morgan fingerprint density at radius 3 is 2.41 bits per heavy atom. The first kappa shape index (κ1) is 14.6. The Bertz CT molecular complexity index is 745. The van der Waals surface area contributed by atoms with Gasteiger partial charge in [0.2, 0.25) is 12.3 Å². The number of carbonyl (C=O) groups excluding carboxylic acids is 2. The van der Waals surface area contributed by atoms with Crippen molar-refractivity contribution < 1.29 is 9.59 Å². The first-order valence-electron chi connectivity index (χ1n) is 6.96. The van der Waals surface area contributed by atoms with Gasteiger partial charge in [0.05, 0.1) is 24.5 Å². The summed E-state index contributed by atoms with van der Waals surface area (Å²) in [6, 6.07) is 13.0. The van der Waals surface area contributed by atoms with E-state index in [-0.39, 0.29) is 5.91 Å². The van der Waals surface area contributed by atoms with Crippen molar-refractivity contribution in [2.45, 2.75) is 20.0 Å². The van der Waals surface area contributed by atoms with E-state index < -0.39 is 0 Å². The lowest BCUT2D eigenvalue weighted by molar-refractivity contribution is -0.116. The molecule has 3 rings (SSSR count). The van der Waals surface area contributed by atoms with Crippen LogP contribution < -0.4 is 9.80 Å². The van der Waals surface area contributed by atoms with E-state index >= 15 is 0 Å². The first-order chi connectivity index (χ1) is 10.6. The third-order valence-corrected chi connectivity index (χ3v) is 4.07. The normalized spacial score (nSPS) is 13.7. The Hall–Kier alpha value is -2.33. The lowest BCUT2D eigenvalue weighted by Crippen LogP contribution is -2.34. The molecule has 0 fully saturated rings. The molecule has 0 N–H and O–H groups in total. The van der Waals surface area contributed by atoms with Crippen LogP contribution in [0.5, 0.6) is 0 Å². The maximum atomic E-state index is 12.1. The largest absolute Gasteiger partial charge is 0.309 e. The number of rotatable bonds is 1. The predicted molar refractivity (Wildman–Crippen MR) is 87.0 cm³/mol. The number of anilines is 2. The van der Waals surface area contributed by atoms with Crippen LogP contribution in [0, 0.1) is 0 Å². The van der Waals surface area contributed by atoms with Gasteiger partial charge in [0.15, 0.2) is 0 Å². The quantitative estimate of drug-likeness (QED) is 0.757. The predicted octanol–water partition coefficient (Wildman–Crippen LogP) is 3.37. The SMILES string of the molecule is CC(=O)N1Cc2ccccc2CN(C=O)c2ccc(Cl)cc21. The zero-order valence-corrected chi connectivity index (χ0v) is 12.9. The number of hydrogen-bond acceptors (Lipinski definition) is 2. The first-order valence-corrected chi connectivity index (χ1v) is 7.34. The van der Waals surface area contributed by atoms with Crippen LogP contribution >= 0.6 is 11.6 Å². The molecule has 1 aliphatic rings. The standard InChI is InChI=1S/C17H15ClN2O2/c1-12(22)20-10-14-5-3-2-4-13(14)9-19(11-21)16-7-6-15(18)8-17(16)20/h2-8,11H,9-10H2,1H3. The van der Waals surface area contributed by atoms with Gasteiger partial charge in [0.1, 0.15) is 0 Å². The summed E-state index contributed by atoms with van der Waals surface area (Å²) in [6.07, 6.45) is 0.785. The van der Waals surface area contributed by atoms with Gasteiger partial charge in [-0.15, -0.1) is 0 Å². The van der Waals surface area contributed by atoms with Crippen molar-refractivity contribution in [3.63, 3.8) is 0 Å². The maximum absolute atomic E-state index is 12.1. The number of halogens is 1. The highest BCUT2D eigenvalue weighted by molar-refractivity contribution is 6.31. The molecule has 2 amide bonds. The van der Waals surface area contributed by atoms with Crippen molar-refractivity contribution >= 4 is 35.3 Å². The van der Waals surface area contributed by atoms with Gasteiger partial charge < -0.3 is 9.80 Å². The fraction of sp³-hybridized carbons (Fsp3) is 0.176. The van der Waals surface area contributed by atoms with Crippen LogP contribution in [0.4, 0.5) is 11.4 Å². The van der Waals surface area contributed by atoms with Gasteiger partial charge in [-0.05, 0) is 29.3 Å². The van der Waals surface area contributed by atoms with E-state index in [9.17, 15) is 9.59 Å².